The van der Waals surface area contributed by atoms with Gasteiger partial charge in [0.2, 0.25) is 15.9 Å². The highest BCUT2D eigenvalue weighted by Gasteiger charge is 2.33. The molecule has 1 N–H and O–H groups in total. The monoisotopic (exact) mass is 434 g/mol. The summed E-state index contributed by atoms with van der Waals surface area (Å²) in [4.78, 5) is 12.6. The van der Waals surface area contributed by atoms with Crippen LogP contribution in [0, 0.1) is 12.8 Å². The highest BCUT2D eigenvalue weighted by Crippen LogP contribution is 2.28. The molecule has 0 saturated carbocycles. The third kappa shape index (κ3) is 3.85. The molecule has 3 aromatic rings. The van der Waals surface area contributed by atoms with Gasteiger partial charge in [-0.25, -0.2) is 13.0 Å². The molecule has 1 aliphatic heterocycles. The fraction of sp³-hybridized carbons (Fsp3) is 0.316. The number of anilines is 1. The van der Waals surface area contributed by atoms with Crippen molar-refractivity contribution in [2.24, 2.45) is 5.92 Å². The minimum atomic E-state index is -3.76. The molecule has 1 aromatic heterocycles. The number of nitrogens with zero attached hydrogens (tertiary/aromatic N) is 3. The highest BCUT2D eigenvalue weighted by atomic mass is 35.5. The van der Waals surface area contributed by atoms with Gasteiger partial charge in [0.1, 0.15) is 10.4 Å². The number of aromatic nitrogens is 2. The van der Waals surface area contributed by atoms with E-state index in [9.17, 15) is 13.2 Å². The Morgan fingerprint density at radius 3 is 2.69 bits per heavy atom. The van der Waals surface area contributed by atoms with Crippen molar-refractivity contribution in [1.82, 2.24) is 14.6 Å². The lowest BCUT2D eigenvalue weighted by Gasteiger charge is -2.30. The minimum absolute atomic E-state index is 0.0634. The molecule has 1 saturated heterocycles. The number of halogens is 1. The normalized spacial score (nSPS) is 16.2. The van der Waals surface area contributed by atoms with Crippen LogP contribution in [0.3, 0.4) is 0 Å². The molecule has 0 unspecified atom stereocenters. The Hall–Kier alpha value is -2.49. The number of nitrogens with one attached hydrogen (secondary N) is 1. The van der Waals surface area contributed by atoms with Crippen LogP contribution in [0.15, 0.2) is 45.9 Å². The fourth-order valence-electron chi connectivity index (χ4n) is 3.40. The maximum absolute atomic E-state index is 13.0. The van der Waals surface area contributed by atoms with E-state index in [1.807, 2.05) is 13.0 Å². The lowest BCUT2D eigenvalue weighted by atomic mass is 9.97. The Kier molecular flexibility index (Phi) is 5.28. The molecule has 0 atom stereocenters. The SMILES string of the molecule is Cc1ccc(NC(=O)C2CCN(S(=O)(=O)c3cccc4nonc34)CC2)cc1Cl. The van der Waals surface area contributed by atoms with Crippen LogP contribution in [0.5, 0.6) is 0 Å². The van der Waals surface area contributed by atoms with Gasteiger partial charge in [0.05, 0.1) is 0 Å². The Balaban J connectivity index is 1.44. The number of carbonyl (C=O) groups excluding carboxylic acids is 1. The molecular weight excluding hydrogens is 416 g/mol. The second-order valence-electron chi connectivity index (χ2n) is 7.02. The molecule has 0 bridgehead atoms. The van der Waals surface area contributed by atoms with Crippen molar-refractivity contribution in [2.75, 3.05) is 18.4 Å². The lowest BCUT2D eigenvalue weighted by Crippen LogP contribution is -2.41. The maximum Gasteiger partial charge on any atom is 0.245 e. The standard InChI is InChI=1S/C19H19ClN4O4S/c1-12-5-6-14(11-15(12)20)21-19(25)13-7-9-24(10-8-13)29(26,27)17-4-2-3-16-18(17)23-28-22-16/h2-6,11,13H,7-10H2,1H3,(H,21,25). The number of benzene rings is 2. The number of carbonyl (C=O) groups is 1. The third-order valence-electron chi connectivity index (χ3n) is 5.13. The van der Waals surface area contributed by atoms with E-state index in [1.54, 1.807) is 24.3 Å². The van der Waals surface area contributed by atoms with Gasteiger partial charge in [-0.2, -0.15) is 4.31 Å². The number of rotatable bonds is 4. The summed E-state index contributed by atoms with van der Waals surface area (Å²) in [6, 6.07) is 10.1. The Labute approximate surface area is 172 Å². The second-order valence-corrected chi connectivity index (χ2v) is 9.33. The zero-order valence-corrected chi connectivity index (χ0v) is 17.2. The van der Waals surface area contributed by atoms with Crippen molar-refractivity contribution in [3.05, 3.63) is 47.0 Å². The first kappa shape index (κ1) is 19.8. The fourth-order valence-corrected chi connectivity index (χ4v) is 5.19. The number of hydrogen-bond acceptors (Lipinski definition) is 6. The second kappa shape index (κ2) is 7.74. The number of piperidine rings is 1. The molecule has 0 spiro atoms. The van der Waals surface area contributed by atoms with Crippen molar-refractivity contribution < 1.29 is 17.8 Å². The van der Waals surface area contributed by atoms with Gasteiger partial charge in [-0.3, -0.25) is 4.79 Å². The predicted molar refractivity (Wildman–Crippen MR) is 108 cm³/mol. The summed E-state index contributed by atoms with van der Waals surface area (Å²) in [7, 11) is -3.76. The van der Waals surface area contributed by atoms with Crippen LogP contribution in [0.4, 0.5) is 5.69 Å². The minimum Gasteiger partial charge on any atom is -0.326 e. The molecule has 152 valence electrons. The van der Waals surface area contributed by atoms with Gasteiger partial charge < -0.3 is 5.32 Å². The summed E-state index contributed by atoms with van der Waals surface area (Å²) in [5.41, 5.74) is 2.16. The van der Waals surface area contributed by atoms with Crippen LogP contribution >= 0.6 is 11.6 Å². The summed E-state index contributed by atoms with van der Waals surface area (Å²) in [5.74, 6) is -0.407. The van der Waals surface area contributed by atoms with Gasteiger partial charge in [0, 0.05) is 29.7 Å². The quantitative estimate of drug-likeness (QED) is 0.675. The summed E-state index contributed by atoms with van der Waals surface area (Å²) in [6.07, 6.45) is 0.857. The largest absolute Gasteiger partial charge is 0.326 e. The molecule has 8 nitrogen and oxygen atoms in total. The molecule has 1 fully saturated rings. The zero-order chi connectivity index (χ0) is 20.6. The van der Waals surface area contributed by atoms with E-state index in [0.29, 0.717) is 29.1 Å². The lowest BCUT2D eigenvalue weighted by molar-refractivity contribution is -0.120. The van der Waals surface area contributed by atoms with Crippen LogP contribution in [0.25, 0.3) is 11.0 Å². The average Bonchev–Trinajstić information content (AvgIpc) is 3.19. The van der Waals surface area contributed by atoms with E-state index >= 15 is 0 Å². The van der Waals surface area contributed by atoms with Gasteiger partial charge in [0.15, 0.2) is 5.52 Å². The summed E-state index contributed by atoms with van der Waals surface area (Å²) in [6.45, 7) is 2.38. The smallest absolute Gasteiger partial charge is 0.245 e. The van der Waals surface area contributed by atoms with Gasteiger partial charge in [-0.1, -0.05) is 23.7 Å². The van der Waals surface area contributed by atoms with Crippen molar-refractivity contribution >= 4 is 44.3 Å². The average molecular weight is 435 g/mol. The Morgan fingerprint density at radius 1 is 1.21 bits per heavy atom. The van der Waals surface area contributed by atoms with Crippen molar-refractivity contribution in [3.8, 4) is 0 Å². The molecule has 0 aliphatic carbocycles. The van der Waals surface area contributed by atoms with E-state index in [1.165, 1.54) is 10.4 Å². The Bertz CT molecular complexity index is 1170. The van der Waals surface area contributed by atoms with E-state index < -0.39 is 10.0 Å². The third-order valence-corrected chi connectivity index (χ3v) is 7.47. The molecule has 2 heterocycles. The first-order chi connectivity index (χ1) is 13.9. The van der Waals surface area contributed by atoms with E-state index in [2.05, 4.69) is 20.3 Å². The van der Waals surface area contributed by atoms with Crippen LogP contribution < -0.4 is 5.32 Å². The molecule has 10 heteroatoms. The topological polar surface area (TPSA) is 105 Å². The zero-order valence-electron chi connectivity index (χ0n) is 15.6. The van der Waals surface area contributed by atoms with Crippen LogP contribution in [-0.4, -0.2) is 42.0 Å². The summed E-state index contributed by atoms with van der Waals surface area (Å²) < 4.78 is 32.1. The van der Waals surface area contributed by atoms with Crippen molar-refractivity contribution in [1.29, 1.82) is 0 Å². The number of fused-ring (bicyclic) bond motifs is 1. The van der Waals surface area contributed by atoms with Crippen LogP contribution in [0.2, 0.25) is 5.02 Å². The van der Waals surface area contributed by atoms with E-state index in [4.69, 9.17) is 11.6 Å². The molecular formula is C19H19ClN4O4S. The Morgan fingerprint density at radius 2 is 1.97 bits per heavy atom. The molecule has 29 heavy (non-hydrogen) atoms. The van der Waals surface area contributed by atoms with E-state index in [0.717, 1.165) is 5.56 Å². The first-order valence-corrected chi connectivity index (χ1v) is 11.0. The van der Waals surface area contributed by atoms with Gasteiger partial charge in [-0.15, -0.1) is 0 Å². The number of aryl methyl sites for hydroxylation is 1. The molecule has 4 rings (SSSR count). The predicted octanol–water partition coefficient (Wildman–Crippen LogP) is 3.22. The summed E-state index contributed by atoms with van der Waals surface area (Å²) in [5, 5.41) is 10.9. The maximum atomic E-state index is 13.0. The number of amides is 1. The molecule has 0 radical (unpaired) electrons. The first-order valence-electron chi connectivity index (χ1n) is 9.15. The molecule has 2 aromatic carbocycles. The van der Waals surface area contributed by atoms with Gasteiger partial charge >= 0.3 is 0 Å². The highest BCUT2D eigenvalue weighted by molar-refractivity contribution is 7.89. The van der Waals surface area contributed by atoms with Gasteiger partial charge in [-0.05, 0) is 59.9 Å². The van der Waals surface area contributed by atoms with Gasteiger partial charge in [0.25, 0.3) is 0 Å². The van der Waals surface area contributed by atoms with Crippen LogP contribution in [-0.2, 0) is 14.8 Å². The van der Waals surface area contributed by atoms with Crippen molar-refractivity contribution in [2.45, 2.75) is 24.7 Å². The number of sulfonamides is 1. The van der Waals surface area contributed by atoms with Crippen molar-refractivity contribution in [3.63, 3.8) is 0 Å². The van der Waals surface area contributed by atoms with Crippen LogP contribution in [0.1, 0.15) is 18.4 Å². The van der Waals surface area contributed by atoms with E-state index in [-0.39, 0.29) is 35.3 Å². The number of hydrogen-bond donors (Lipinski definition) is 1. The molecule has 1 amide bonds. The summed E-state index contributed by atoms with van der Waals surface area (Å²) >= 11 is 6.10. The molecule has 1 aliphatic rings.